The van der Waals surface area contributed by atoms with Crippen LogP contribution in [0.25, 0.3) is 0 Å². The van der Waals surface area contributed by atoms with Gasteiger partial charge >= 0.3 is 0 Å². The van der Waals surface area contributed by atoms with Gasteiger partial charge in [-0.2, -0.15) is 0 Å². The molecular formula is C20H29N3O4. The molecule has 27 heavy (non-hydrogen) atoms. The summed E-state index contributed by atoms with van der Waals surface area (Å²) in [7, 11) is 0. The molecule has 1 aliphatic heterocycles. The van der Waals surface area contributed by atoms with Gasteiger partial charge in [0.05, 0.1) is 6.10 Å². The van der Waals surface area contributed by atoms with Gasteiger partial charge in [-0.05, 0) is 50.0 Å². The minimum Gasteiger partial charge on any atom is -0.475 e. The molecule has 0 bridgehead atoms. The standard InChI is InChI=1S/C20H29N3O4/c1-12(2)10-17(18(21)24)22-19(25)16-8-7-15(13-5-6-13)20(23-16)27-11-14-4-3-9-26-14/h7-8,12-14,17H,3-6,9-11H2,1-2H3,(H2,21,24)(H,22,25)/t14-,17?/m0/s1. The Hall–Kier alpha value is -2.15. The molecule has 1 saturated carbocycles. The van der Waals surface area contributed by atoms with Crippen LogP contribution in [-0.4, -0.2) is 42.2 Å². The molecule has 7 heteroatoms. The third kappa shape index (κ3) is 5.42. The number of hydrogen-bond donors (Lipinski definition) is 2. The average molecular weight is 375 g/mol. The fourth-order valence-electron chi connectivity index (χ4n) is 3.30. The van der Waals surface area contributed by atoms with Gasteiger partial charge in [0.2, 0.25) is 11.8 Å². The number of aromatic nitrogens is 1. The fraction of sp³-hybridized carbons (Fsp3) is 0.650. The number of ether oxygens (including phenoxy) is 2. The Morgan fingerprint density at radius 1 is 1.33 bits per heavy atom. The highest BCUT2D eigenvalue weighted by atomic mass is 16.5. The number of primary amides is 1. The van der Waals surface area contributed by atoms with Gasteiger partial charge in [-0.25, -0.2) is 4.98 Å². The van der Waals surface area contributed by atoms with E-state index in [9.17, 15) is 9.59 Å². The summed E-state index contributed by atoms with van der Waals surface area (Å²) in [4.78, 5) is 28.7. The number of hydrogen-bond acceptors (Lipinski definition) is 5. The second-order valence-corrected chi connectivity index (χ2v) is 7.87. The summed E-state index contributed by atoms with van der Waals surface area (Å²) in [5.74, 6) is 0.233. The maximum absolute atomic E-state index is 12.6. The smallest absolute Gasteiger partial charge is 0.270 e. The first-order valence-corrected chi connectivity index (χ1v) is 9.79. The SMILES string of the molecule is CC(C)CC(NC(=O)c1ccc(C2CC2)c(OC[C@@H]2CCCO2)n1)C(N)=O. The van der Waals surface area contributed by atoms with Crippen LogP contribution < -0.4 is 15.8 Å². The van der Waals surface area contributed by atoms with Crippen LogP contribution in [0.1, 0.15) is 67.9 Å². The topological polar surface area (TPSA) is 104 Å². The van der Waals surface area contributed by atoms with E-state index >= 15 is 0 Å². The molecule has 1 aliphatic carbocycles. The number of carbonyl (C=O) groups excluding carboxylic acids is 2. The molecule has 2 amide bonds. The first-order valence-electron chi connectivity index (χ1n) is 9.79. The lowest BCUT2D eigenvalue weighted by molar-refractivity contribution is -0.120. The van der Waals surface area contributed by atoms with Gasteiger partial charge in [-0.1, -0.05) is 19.9 Å². The minimum absolute atomic E-state index is 0.0848. The van der Waals surface area contributed by atoms with Crippen LogP contribution in [0.3, 0.4) is 0 Å². The second kappa shape index (κ2) is 8.69. The van der Waals surface area contributed by atoms with Crippen LogP contribution in [0.15, 0.2) is 12.1 Å². The predicted octanol–water partition coefficient (Wildman–Crippen LogP) is 2.15. The molecule has 3 N–H and O–H groups in total. The van der Waals surface area contributed by atoms with Crippen molar-refractivity contribution in [1.29, 1.82) is 0 Å². The second-order valence-electron chi connectivity index (χ2n) is 7.87. The van der Waals surface area contributed by atoms with Crippen LogP contribution in [-0.2, 0) is 9.53 Å². The van der Waals surface area contributed by atoms with Crippen LogP contribution in [0, 0.1) is 5.92 Å². The van der Waals surface area contributed by atoms with Gasteiger partial charge in [0.15, 0.2) is 0 Å². The zero-order chi connectivity index (χ0) is 19.4. The zero-order valence-electron chi connectivity index (χ0n) is 16.1. The summed E-state index contributed by atoms with van der Waals surface area (Å²) in [6.45, 7) is 5.16. The Kier molecular flexibility index (Phi) is 6.31. The lowest BCUT2D eigenvalue weighted by atomic mass is 10.0. The van der Waals surface area contributed by atoms with E-state index in [0.717, 1.165) is 37.9 Å². The number of nitrogens with zero attached hydrogens (tertiary/aromatic N) is 1. The molecule has 1 unspecified atom stereocenters. The molecule has 1 aromatic heterocycles. The summed E-state index contributed by atoms with van der Waals surface area (Å²) in [6, 6.07) is 2.89. The van der Waals surface area contributed by atoms with Crippen molar-refractivity contribution in [3.8, 4) is 5.88 Å². The first-order chi connectivity index (χ1) is 12.9. The molecule has 148 valence electrons. The van der Waals surface area contributed by atoms with E-state index in [2.05, 4.69) is 10.3 Å². The van der Waals surface area contributed by atoms with Crippen molar-refractivity contribution in [3.05, 3.63) is 23.4 Å². The highest BCUT2D eigenvalue weighted by Crippen LogP contribution is 2.43. The van der Waals surface area contributed by atoms with Gasteiger partial charge < -0.3 is 20.5 Å². The summed E-state index contributed by atoms with van der Waals surface area (Å²) in [5, 5.41) is 2.70. The number of amides is 2. The van der Waals surface area contributed by atoms with E-state index in [0.29, 0.717) is 24.8 Å². The normalized spacial score (nSPS) is 20.5. The Morgan fingerprint density at radius 3 is 2.70 bits per heavy atom. The van der Waals surface area contributed by atoms with Crippen LogP contribution >= 0.6 is 0 Å². The van der Waals surface area contributed by atoms with Crippen LogP contribution in [0.2, 0.25) is 0 Å². The molecular weight excluding hydrogens is 346 g/mol. The number of carbonyl (C=O) groups is 2. The maximum atomic E-state index is 12.6. The summed E-state index contributed by atoms with van der Waals surface area (Å²) < 4.78 is 11.5. The third-order valence-corrected chi connectivity index (χ3v) is 4.93. The number of nitrogens with two attached hydrogens (primary N) is 1. The van der Waals surface area contributed by atoms with Gasteiger partial charge in [-0.3, -0.25) is 9.59 Å². The Labute approximate surface area is 160 Å². The van der Waals surface area contributed by atoms with Crippen molar-refractivity contribution < 1.29 is 19.1 Å². The Balaban J connectivity index is 1.71. The molecule has 2 fully saturated rings. The molecule has 1 saturated heterocycles. The average Bonchev–Trinajstić information content (AvgIpc) is 3.34. The van der Waals surface area contributed by atoms with E-state index in [1.54, 1.807) is 6.07 Å². The van der Waals surface area contributed by atoms with E-state index in [1.807, 2.05) is 19.9 Å². The molecule has 1 aromatic rings. The minimum atomic E-state index is -0.710. The van der Waals surface area contributed by atoms with Gasteiger partial charge in [0.1, 0.15) is 18.3 Å². The molecule has 3 rings (SSSR count). The zero-order valence-corrected chi connectivity index (χ0v) is 16.1. The quantitative estimate of drug-likeness (QED) is 0.688. The number of rotatable bonds is 9. The van der Waals surface area contributed by atoms with E-state index in [4.69, 9.17) is 15.2 Å². The molecule has 2 heterocycles. The van der Waals surface area contributed by atoms with E-state index in [-0.39, 0.29) is 17.7 Å². The molecule has 0 spiro atoms. The molecule has 0 aromatic carbocycles. The first kappa shape index (κ1) is 19.6. The lowest BCUT2D eigenvalue weighted by Crippen LogP contribution is -2.45. The largest absolute Gasteiger partial charge is 0.475 e. The summed E-state index contributed by atoms with van der Waals surface area (Å²) in [6.07, 6.45) is 4.83. The lowest BCUT2D eigenvalue weighted by Gasteiger charge is -2.18. The number of pyridine rings is 1. The fourth-order valence-corrected chi connectivity index (χ4v) is 3.30. The Morgan fingerprint density at radius 2 is 2.11 bits per heavy atom. The highest BCUT2D eigenvalue weighted by molar-refractivity contribution is 5.96. The Bertz CT molecular complexity index is 682. The monoisotopic (exact) mass is 375 g/mol. The van der Waals surface area contributed by atoms with Crippen molar-refractivity contribution in [3.63, 3.8) is 0 Å². The van der Waals surface area contributed by atoms with Gasteiger partial charge in [0.25, 0.3) is 5.91 Å². The summed E-state index contributed by atoms with van der Waals surface area (Å²) in [5.41, 5.74) is 6.69. The molecule has 2 aliphatic rings. The van der Waals surface area contributed by atoms with E-state index in [1.165, 1.54) is 0 Å². The molecule has 0 radical (unpaired) electrons. The van der Waals surface area contributed by atoms with Crippen molar-refractivity contribution in [2.45, 2.75) is 64.0 Å². The predicted molar refractivity (Wildman–Crippen MR) is 101 cm³/mol. The van der Waals surface area contributed by atoms with Crippen molar-refractivity contribution in [1.82, 2.24) is 10.3 Å². The molecule has 7 nitrogen and oxygen atoms in total. The van der Waals surface area contributed by atoms with Gasteiger partial charge in [0, 0.05) is 12.2 Å². The number of nitrogens with one attached hydrogen (secondary N) is 1. The molecule has 2 atom stereocenters. The summed E-state index contributed by atoms with van der Waals surface area (Å²) >= 11 is 0. The van der Waals surface area contributed by atoms with Crippen LogP contribution in [0.5, 0.6) is 5.88 Å². The van der Waals surface area contributed by atoms with Gasteiger partial charge in [-0.15, -0.1) is 0 Å². The van der Waals surface area contributed by atoms with Crippen molar-refractivity contribution >= 4 is 11.8 Å². The van der Waals surface area contributed by atoms with Crippen molar-refractivity contribution in [2.24, 2.45) is 11.7 Å². The van der Waals surface area contributed by atoms with E-state index < -0.39 is 17.9 Å². The van der Waals surface area contributed by atoms with Crippen LogP contribution in [0.4, 0.5) is 0 Å². The third-order valence-electron chi connectivity index (χ3n) is 4.93. The highest BCUT2D eigenvalue weighted by Gasteiger charge is 2.29. The van der Waals surface area contributed by atoms with Crippen molar-refractivity contribution in [2.75, 3.05) is 13.2 Å². The maximum Gasteiger partial charge on any atom is 0.270 e.